The number of hydrogen-bond acceptors (Lipinski definition) is 3. The Bertz CT molecular complexity index is 404. The molecule has 1 aromatic carbocycles. The third-order valence-corrected chi connectivity index (χ3v) is 4.29. The van der Waals surface area contributed by atoms with E-state index in [0.717, 1.165) is 38.0 Å². The summed E-state index contributed by atoms with van der Waals surface area (Å²) in [6.45, 7) is 5.45. The van der Waals surface area contributed by atoms with Crippen LogP contribution in [0, 0.1) is 0 Å². The van der Waals surface area contributed by atoms with Crippen molar-refractivity contribution in [3.05, 3.63) is 29.8 Å². The summed E-state index contributed by atoms with van der Waals surface area (Å²) in [5.74, 6) is 0.975. The van der Waals surface area contributed by atoms with Crippen LogP contribution in [-0.2, 0) is 4.74 Å². The molecule has 118 valence electrons. The smallest absolute Gasteiger partial charge is 0.119 e. The summed E-state index contributed by atoms with van der Waals surface area (Å²) in [7, 11) is 1.80. The molecular weight excluding hydrogens is 262 g/mol. The zero-order valence-corrected chi connectivity index (χ0v) is 13.6. The molecule has 0 bridgehead atoms. The number of benzene rings is 1. The van der Waals surface area contributed by atoms with Gasteiger partial charge in [-0.1, -0.05) is 19.1 Å². The molecule has 1 aliphatic rings. The maximum atomic E-state index is 6.10. The third-order valence-electron chi connectivity index (χ3n) is 4.29. The summed E-state index contributed by atoms with van der Waals surface area (Å²) >= 11 is 0. The molecule has 1 aliphatic carbocycles. The highest BCUT2D eigenvalue weighted by Gasteiger charge is 2.23. The van der Waals surface area contributed by atoms with Gasteiger partial charge in [-0.05, 0) is 56.8 Å². The molecule has 0 aromatic heterocycles. The summed E-state index contributed by atoms with van der Waals surface area (Å²) < 4.78 is 11.6. The molecule has 1 aromatic rings. The van der Waals surface area contributed by atoms with Crippen LogP contribution < -0.4 is 10.1 Å². The first-order valence-corrected chi connectivity index (χ1v) is 8.25. The lowest BCUT2D eigenvalue weighted by atomic mass is 9.95. The Morgan fingerprint density at radius 2 is 1.90 bits per heavy atom. The number of hydrogen-bond donors (Lipinski definition) is 1. The molecule has 1 fully saturated rings. The van der Waals surface area contributed by atoms with E-state index in [2.05, 4.69) is 43.4 Å². The molecule has 1 saturated carbocycles. The van der Waals surface area contributed by atoms with Gasteiger partial charge in [0, 0.05) is 19.6 Å². The summed E-state index contributed by atoms with van der Waals surface area (Å²) in [5, 5.41) is 3.51. The van der Waals surface area contributed by atoms with Gasteiger partial charge in [-0.15, -0.1) is 0 Å². The average molecular weight is 291 g/mol. The lowest BCUT2D eigenvalue weighted by Gasteiger charge is -2.28. The van der Waals surface area contributed by atoms with E-state index in [-0.39, 0.29) is 0 Å². The van der Waals surface area contributed by atoms with Gasteiger partial charge in [0.15, 0.2) is 0 Å². The van der Waals surface area contributed by atoms with Gasteiger partial charge >= 0.3 is 0 Å². The number of ether oxygens (including phenoxy) is 2. The summed E-state index contributed by atoms with van der Waals surface area (Å²) in [6.07, 6.45) is 6.32. The van der Waals surface area contributed by atoms with Crippen LogP contribution in [0.3, 0.4) is 0 Å². The van der Waals surface area contributed by atoms with Gasteiger partial charge in [-0.25, -0.2) is 0 Å². The first-order valence-electron chi connectivity index (χ1n) is 8.25. The predicted octanol–water partition coefficient (Wildman–Crippen LogP) is 4.08. The fraction of sp³-hybridized carbons (Fsp3) is 0.667. The third kappa shape index (κ3) is 5.01. The van der Waals surface area contributed by atoms with Crippen molar-refractivity contribution in [2.24, 2.45) is 0 Å². The van der Waals surface area contributed by atoms with Crippen molar-refractivity contribution in [2.75, 3.05) is 13.7 Å². The first-order chi connectivity index (χ1) is 10.2. The molecule has 3 unspecified atom stereocenters. The molecule has 0 aliphatic heterocycles. The molecule has 21 heavy (non-hydrogen) atoms. The second-order valence-electron chi connectivity index (χ2n) is 6.01. The van der Waals surface area contributed by atoms with Gasteiger partial charge in [0.1, 0.15) is 11.9 Å². The number of rotatable bonds is 7. The Kier molecular flexibility index (Phi) is 6.52. The Morgan fingerprint density at radius 1 is 1.19 bits per heavy atom. The monoisotopic (exact) mass is 291 g/mol. The zero-order valence-electron chi connectivity index (χ0n) is 13.6. The van der Waals surface area contributed by atoms with E-state index in [1.807, 2.05) is 0 Å². The lowest BCUT2D eigenvalue weighted by molar-refractivity contribution is 0.0209. The Morgan fingerprint density at radius 3 is 2.57 bits per heavy atom. The van der Waals surface area contributed by atoms with Crippen LogP contribution in [0.25, 0.3) is 0 Å². The van der Waals surface area contributed by atoms with Gasteiger partial charge in [0.25, 0.3) is 0 Å². The molecule has 0 amide bonds. The van der Waals surface area contributed by atoms with E-state index in [1.165, 1.54) is 12.0 Å². The van der Waals surface area contributed by atoms with Gasteiger partial charge in [0.2, 0.25) is 0 Å². The first kappa shape index (κ1) is 16.3. The van der Waals surface area contributed by atoms with Crippen molar-refractivity contribution in [1.29, 1.82) is 0 Å². The van der Waals surface area contributed by atoms with Gasteiger partial charge in [-0.3, -0.25) is 0 Å². The molecule has 3 nitrogen and oxygen atoms in total. The second-order valence-corrected chi connectivity index (χ2v) is 6.01. The molecule has 0 heterocycles. The lowest BCUT2D eigenvalue weighted by Crippen LogP contribution is -2.29. The minimum absolute atomic E-state index is 0.296. The fourth-order valence-electron chi connectivity index (χ4n) is 2.93. The largest absolute Gasteiger partial charge is 0.490 e. The molecule has 0 saturated heterocycles. The van der Waals surface area contributed by atoms with E-state index < -0.39 is 0 Å². The topological polar surface area (TPSA) is 30.5 Å². The molecule has 3 heteroatoms. The van der Waals surface area contributed by atoms with Crippen molar-refractivity contribution >= 4 is 0 Å². The maximum Gasteiger partial charge on any atom is 0.119 e. The molecule has 0 spiro atoms. The molecule has 0 radical (unpaired) electrons. The number of nitrogens with one attached hydrogen (secondary N) is 1. The summed E-state index contributed by atoms with van der Waals surface area (Å²) in [5.41, 5.74) is 1.31. The van der Waals surface area contributed by atoms with Crippen molar-refractivity contribution < 1.29 is 9.47 Å². The van der Waals surface area contributed by atoms with Crippen LogP contribution in [0.4, 0.5) is 0 Å². The molecule has 2 rings (SSSR count). The highest BCUT2D eigenvalue weighted by Crippen LogP contribution is 2.26. The van der Waals surface area contributed by atoms with Gasteiger partial charge in [-0.2, -0.15) is 0 Å². The van der Waals surface area contributed by atoms with Gasteiger partial charge < -0.3 is 14.8 Å². The zero-order chi connectivity index (χ0) is 15.1. The standard InChI is InChI=1S/C18H29NO2/c1-4-12-19-14(2)15-8-10-16(11-9-15)21-18-7-5-6-17(13-18)20-3/h8-11,14,17-19H,4-7,12-13H2,1-3H3. The summed E-state index contributed by atoms with van der Waals surface area (Å²) in [4.78, 5) is 0. The quantitative estimate of drug-likeness (QED) is 0.821. The predicted molar refractivity (Wildman–Crippen MR) is 86.8 cm³/mol. The van der Waals surface area contributed by atoms with E-state index in [9.17, 15) is 0 Å². The maximum absolute atomic E-state index is 6.10. The van der Waals surface area contributed by atoms with E-state index >= 15 is 0 Å². The Labute approximate surface area is 129 Å². The highest BCUT2D eigenvalue weighted by molar-refractivity contribution is 5.29. The Balaban J connectivity index is 1.87. The van der Waals surface area contributed by atoms with Crippen LogP contribution in [-0.4, -0.2) is 25.9 Å². The van der Waals surface area contributed by atoms with Crippen LogP contribution >= 0.6 is 0 Å². The van der Waals surface area contributed by atoms with E-state index in [4.69, 9.17) is 9.47 Å². The van der Waals surface area contributed by atoms with Crippen LogP contribution in [0.5, 0.6) is 5.75 Å². The van der Waals surface area contributed by atoms with Crippen molar-refractivity contribution in [1.82, 2.24) is 5.32 Å². The Hall–Kier alpha value is -1.06. The van der Waals surface area contributed by atoms with Crippen molar-refractivity contribution in [2.45, 2.75) is 64.2 Å². The van der Waals surface area contributed by atoms with Crippen molar-refractivity contribution in [3.63, 3.8) is 0 Å². The minimum atomic E-state index is 0.296. The van der Waals surface area contributed by atoms with Crippen LogP contribution in [0.2, 0.25) is 0 Å². The molecular formula is C18H29NO2. The summed E-state index contributed by atoms with van der Waals surface area (Å²) in [6, 6.07) is 8.91. The fourth-order valence-corrected chi connectivity index (χ4v) is 2.93. The average Bonchev–Trinajstić information content (AvgIpc) is 2.53. The molecule has 3 atom stereocenters. The van der Waals surface area contributed by atoms with Gasteiger partial charge in [0.05, 0.1) is 6.10 Å². The van der Waals surface area contributed by atoms with Crippen LogP contribution in [0.15, 0.2) is 24.3 Å². The molecule has 1 N–H and O–H groups in total. The van der Waals surface area contributed by atoms with Crippen molar-refractivity contribution in [3.8, 4) is 5.75 Å². The van der Waals surface area contributed by atoms with E-state index in [1.54, 1.807) is 7.11 Å². The normalized spacial score (nSPS) is 23.8. The highest BCUT2D eigenvalue weighted by atomic mass is 16.5. The minimum Gasteiger partial charge on any atom is -0.490 e. The van der Waals surface area contributed by atoms with Crippen LogP contribution in [0.1, 0.15) is 57.6 Å². The SMILES string of the molecule is CCCNC(C)c1ccc(OC2CCCC(OC)C2)cc1. The second kappa shape index (κ2) is 8.40. The number of methoxy groups -OCH3 is 1. The van der Waals surface area contributed by atoms with E-state index in [0.29, 0.717) is 18.2 Å².